The van der Waals surface area contributed by atoms with Crippen molar-refractivity contribution in [2.45, 2.75) is 44.4 Å². The molecule has 0 aromatic carbocycles. The zero-order valence-electron chi connectivity index (χ0n) is 13.3. The van der Waals surface area contributed by atoms with Crippen molar-refractivity contribution in [1.82, 2.24) is 15.0 Å². The van der Waals surface area contributed by atoms with Crippen LogP contribution in [0.15, 0.2) is 4.52 Å². The molecule has 1 aliphatic rings. The zero-order valence-corrected chi connectivity index (χ0v) is 13.3. The number of aliphatic hydroxyl groups excluding tert-OH is 1. The van der Waals surface area contributed by atoms with Gasteiger partial charge in [-0.2, -0.15) is 18.2 Å². The van der Waals surface area contributed by atoms with E-state index >= 15 is 0 Å². The molecule has 1 N–H and O–H groups in total. The third-order valence-corrected chi connectivity index (χ3v) is 4.05. The van der Waals surface area contributed by atoms with Crippen molar-refractivity contribution < 1.29 is 27.5 Å². The fraction of sp³-hybridized carbons (Fsp3) is 0.857. The number of hydrogen-bond donors (Lipinski definition) is 1. The first-order chi connectivity index (χ1) is 10.7. The molecular formula is C14H22F3N3O3. The topological polar surface area (TPSA) is 71.6 Å². The second-order valence-corrected chi connectivity index (χ2v) is 6.29. The van der Waals surface area contributed by atoms with Crippen LogP contribution in [0.5, 0.6) is 0 Å². The number of nitrogens with zero attached hydrogens (tertiary/aromatic N) is 3. The molecule has 1 unspecified atom stereocenters. The largest absolute Gasteiger partial charge is 0.411 e. The number of halogens is 3. The van der Waals surface area contributed by atoms with E-state index in [1.54, 1.807) is 6.92 Å². The van der Waals surface area contributed by atoms with E-state index in [0.717, 1.165) is 12.8 Å². The third-order valence-electron chi connectivity index (χ3n) is 4.05. The van der Waals surface area contributed by atoms with Crippen LogP contribution < -0.4 is 0 Å². The molecule has 0 amide bonds. The van der Waals surface area contributed by atoms with Crippen molar-refractivity contribution in [3.05, 3.63) is 11.7 Å². The summed E-state index contributed by atoms with van der Waals surface area (Å²) in [5.74, 6) is 1.21. The average Bonchev–Trinajstić information content (AvgIpc) is 2.88. The quantitative estimate of drug-likeness (QED) is 0.851. The maximum atomic E-state index is 12.0. The van der Waals surface area contributed by atoms with Crippen molar-refractivity contribution in [3.63, 3.8) is 0 Å². The van der Waals surface area contributed by atoms with Gasteiger partial charge in [0, 0.05) is 12.0 Å². The molecule has 0 radical (unpaired) electrons. The molecule has 1 aromatic heterocycles. The molecule has 1 fully saturated rings. The molecule has 23 heavy (non-hydrogen) atoms. The number of piperidine rings is 1. The van der Waals surface area contributed by atoms with E-state index in [-0.39, 0.29) is 18.6 Å². The lowest BCUT2D eigenvalue weighted by atomic mass is 9.80. The van der Waals surface area contributed by atoms with Crippen LogP contribution in [0, 0.1) is 6.92 Å². The number of alkyl halides is 3. The number of aliphatic hydroxyl groups is 1. The van der Waals surface area contributed by atoms with Gasteiger partial charge >= 0.3 is 6.18 Å². The van der Waals surface area contributed by atoms with Gasteiger partial charge in [0.2, 0.25) is 5.89 Å². The Bertz CT molecular complexity index is 499. The summed E-state index contributed by atoms with van der Waals surface area (Å²) in [6.45, 7) is 3.86. The van der Waals surface area contributed by atoms with Gasteiger partial charge in [0.1, 0.15) is 6.61 Å². The van der Waals surface area contributed by atoms with Crippen LogP contribution in [0.2, 0.25) is 0 Å². The smallest absolute Gasteiger partial charge is 0.389 e. The van der Waals surface area contributed by atoms with Gasteiger partial charge in [-0.15, -0.1) is 0 Å². The Kier molecular flexibility index (Phi) is 5.64. The lowest BCUT2D eigenvalue weighted by Gasteiger charge is -2.37. The van der Waals surface area contributed by atoms with Crippen LogP contribution >= 0.6 is 0 Å². The molecule has 1 atom stereocenters. The molecule has 2 heterocycles. The standard InChI is InChI=1S/C14H22F3N3O3/c1-10-18-12(23-19-10)13(2)3-5-20(6-4-13)7-11(21)8-22-9-14(15,16)17/h11,21H,3-9H2,1-2H3. The Labute approximate surface area is 132 Å². The Morgan fingerprint density at radius 1 is 1.39 bits per heavy atom. The number of rotatable bonds is 6. The monoisotopic (exact) mass is 337 g/mol. The molecule has 2 rings (SSSR count). The molecule has 132 valence electrons. The van der Waals surface area contributed by atoms with Crippen LogP contribution in [-0.2, 0) is 10.2 Å². The van der Waals surface area contributed by atoms with Crippen LogP contribution in [0.4, 0.5) is 13.2 Å². The number of ether oxygens (including phenoxy) is 1. The molecule has 0 saturated carbocycles. The van der Waals surface area contributed by atoms with Crippen molar-refractivity contribution in [1.29, 1.82) is 0 Å². The van der Waals surface area contributed by atoms with Gasteiger partial charge in [-0.25, -0.2) is 0 Å². The highest BCUT2D eigenvalue weighted by molar-refractivity contribution is 5.05. The van der Waals surface area contributed by atoms with Gasteiger partial charge < -0.3 is 19.3 Å². The maximum Gasteiger partial charge on any atom is 0.411 e. The van der Waals surface area contributed by atoms with E-state index < -0.39 is 18.9 Å². The SMILES string of the molecule is Cc1noc(C2(C)CCN(CC(O)COCC(F)(F)F)CC2)n1. The van der Waals surface area contributed by atoms with Crippen LogP contribution in [0.3, 0.4) is 0 Å². The van der Waals surface area contributed by atoms with Crippen molar-refractivity contribution in [2.75, 3.05) is 32.8 Å². The molecule has 0 aliphatic carbocycles. The number of hydrogen-bond acceptors (Lipinski definition) is 6. The Hall–Kier alpha value is -1.19. The summed E-state index contributed by atoms with van der Waals surface area (Å²) in [5.41, 5.74) is -0.199. The average molecular weight is 337 g/mol. The highest BCUT2D eigenvalue weighted by Gasteiger charge is 2.37. The molecule has 1 saturated heterocycles. The predicted octanol–water partition coefficient (Wildman–Crippen LogP) is 1.67. The Morgan fingerprint density at radius 2 is 2.04 bits per heavy atom. The minimum Gasteiger partial charge on any atom is -0.389 e. The molecule has 0 bridgehead atoms. The predicted molar refractivity (Wildman–Crippen MR) is 74.9 cm³/mol. The van der Waals surface area contributed by atoms with Gasteiger partial charge in [-0.3, -0.25) is 0 Å². The van der Waals surface area contributed by atoms with E-state index in [4.69, 9.17) is 4.52 Å². The zero-order chi connectivity index (χ0) is 17.1. The van der Waals surface area contributed by atoms with E-state index in [1.165, 1.54) is 0 Å². The van der Waals surface area contributed by atoms with Gasteiger partial charge in [0.25, 0.3) is 0 Å². The fourth-order valence-electron chi connectivity index (χ4n) is 2.65. The summed E-state index contributed by atoms with van der Waals surface area (Å²) < 4.78 is 45.7. The van der Waals surface area contributed by atoms with Crippen molar-refractivity contribution >= 4 is 0 Å². The van der Waals surface area contributed by atoms with Crippen molar-refractivity contribution in [2.24, 2.45) is 0 Å². The normalized spacial score (nSPS) is 20.6. The second kappa shape index (κ2) is 7.14. The molecule has 6 nitrogen and oxygen atoms in total. The van der Waals surface area contributed by atoms with E-state index in [2.05, 4.69) is 21.8 Å². The highest BCUT2D eigenvalue weighted by Crippen LogP contribution is 2.33. The van der Waals surface area contributed by atoms with E-state index in [1.807, 2.05) is 4.90 Å². The van der Waals surface area contributed by atoms with Gasteiger partial charge in [-0.05, 0) is 32.9 Å². The minimum absolute atomic E-state index is 0.199. The van der Waals surface area contributed by atoms with E-state index in [0.29, 0.717) is 24.8 Å². The van der Waals surface area contributed by atoms with Crippen LogP contribution in [0.25, 0.3) is 0 Å². The van der Waals surface area contributed by atoms with E-state index in [9.17, 15) is 18.3 Å². The molecule has 9 heteroatoms. The van der Waals surface area contributed by atoms with Crippen LogP contribution in [0.1, 0.15) is 31.5 Å². The fourth-order valence-corrected chi connectivity index (χ4v) is 2.65. The first-order valence-electron chi connectivity index (χ1n) is 7.54. The first kappa shape index (κ1) is 18.2. The molecular weight excluding hydrogens is 315 g/mol. The third kappa shape index (κ3) is 5.43. The summed E-state index contributed by atoms with van der Waals surface area (Å²) in [6.07, 6.45) is -3.74. The summed E-state index contributed by atoms with van der Waals surface area (Å²) in [6, 6.07) is 0. The summed E-state index contributed by atoms with van der Waals surface area (Å²) in [5, 5.41) is 13.6. The molecule has 1 aromatic rings. The Morgan fingerprint density at radius 3 is 2.57 bits per heavy atom. The number of aromatic nitrogens is 2. The number of aryl methyl sites for hydroxylation is 1. The molecule has 0 spiro atoms. The first-order valence-corrected chi connectivity index (χ1v) is 7.54. The second-order valence-electron chi connectivity index (χ2n) is 6.29. The van der Waals surface area contributed by atoms with Crippen molar-refractivity contribution in [3.8, 4) is 0 Å². The van der Waals surface area contributed by atoms with Crippen LogP contribution in [-0.4, -0.2) is 65.3 Å². The summed E-state index contributed by atoms with van der Waals surface area (Å²) in [4.78, 5) is 6.29. The Balaban J connectivity index is 1.74. The van der Waals surface area contributed by atoms with Gasteiger partial charge in [-0.1, -0.05) is 12.1 Å². The number of likely N-dealkylation sites (tertiary alicyclic amines) is 1. The highest BCUT2D eigenvalue weighted by atomic mass is 19.4. The lowest BCUT2D eigenvalue weighted by molar-refractivity contribution is -0.179. The number of β-amino-alcohol motifs (C(OH)–C–C–N with tert-alkyl or cyclic N) is 1. The lowest BCUT2D eigenvalue weighted by Crippen LogP contribution is -2.45. The summed E-state index contributed by atoms with van der Waals surface area (Å²) >= 11 is 0. The molecule has 1 aliphatic heterocycles. The van der Waals surface area contributed by atoms with Gasteiger partial charge in [0.05, 0.1) is 12.7 Å². The summed E-state index contributed by atoms with van der Waals surface area (Å²) in [7, 11) is 0. The maximum absolute atomic E-state index is 12.0. The minimum atomic E-state index is -4.37. The van der Waals surface area contributed by atoms with Gasteiger partial charge in [0.15, 0.2) is 5.82 Å².